The van der Waals surface area contributed by atoms with Gasteiger partial charge in [-0.15, -0.1) is 0 Å². The maximum atomic E-state index is 13.6. The normalized spacial score (nSPS) is 11.0. The van der Waals surface area contributed by atoms with Crippen LogP contribution in [0.15, 0.2) is 72.1 Å². The predicted molar refractivity (Wildman–Crippen MR) is 124 cm³/mol. The standard InChI is InChI=1S/C24H24FN5OS/c1-17-22(18(2)30(27-17)20-9-5-4-6-10-20)15-28(3)23(31)16-32-24-26-12-13-29(24)21-11-7-8-19(25)14-21/h4-14H,15-16H2,1-3H3. The molecule has 8 heteroatoms. The Bertz CT molecular complexity index is 1230. The summed E-state index contributed by atoms with van der Waals surface area (Å²) in [4.78, 5) is 18.9. The van der Waals surface area contributed by atoms with Gasteiger partial charge in [0.1, 0.15) is 5.82 Å². The van der Waals surface area contributed by atoms with Gasteiger partial charge in [-0.3, -0.25) is 9.36 Å². The number of amides is 1. The summed E-state index contributed by atoms with van der Waals surface area (Å²) in [5.41, 5.74) is 4.62. The van der Waals surface area contributed by atoms with Gasteiger partial charge >= 0.3 is 0 Å². The molecule has 2 heterocycles. The van der Waals surface area contributed by atoms with Crippen LogP contribution in [0.2, 0.25) is 0 Å². The van der Waals surface area contributed by atoms with E-state index in [1.54, 1.807) is 41.0 Å². The number of aromatic nitrogens is 4. The summed E-state index contributed by atoms with van der Waals surface area (Å²) in [7, 11) is 1.79. The van der Waals surface area contributed by atoms with E-state index in [1.807, 2.05) is 48.9 Å². The van der Waals surface area contributed by atoms with Crippen LogP contribution in [-0.4, -0.2) is 42.9 Å². The van der Waals surface area contributed by atoms with E-state index in [0.717, 1.165) is 22.6 Å². The van der Waals surface area contributed by atoms with Crippen molar-refractivity contribution in [1.29, 1.82) is 0 Å². The highest BCUT2D eigenvalue weighted by Crippen LogP contribution is 2.23. The minimum absolute atomic E-state index is 0.0185. The van der Waals surface area contributed by atoms with Crippen LogP contribution >= 0.6 is 11.8 Å². The number of nitrogens with zero attached hydrogens (tertiary/aromatic N) is 5. The molecule has 0 aliphatic heterocycles. The Kier molecular flexibility index (Phi) is 6.41. The zero-order chi connectivity index (χ0) is 22.7. The number of thioether (sulfide) groups is 1. The topological polar surface area (TPSA) is 56.0 Å². The highest BCUT2D eigenvalue weighted by Gasteiger charge is 2.18. The van der Waals surface area contributed by atoms with E-state index in [-0.39, 0.29) is 17.5 Å². The number of carbonyl (C=O) groups excluding carboxylic acids is 1. The molecule has 0 saturated carbocycles. The minimum atomic E-state index is -0.315. The summed E-state index contributed by atoms with van der Waals surface area (Å²) in [6.07, 6.45) is 3.40. The van der Waals surface area contributed by atoms with Gasteiger partial charge in [-0.1, -0.05) is 36.0 Å². The molecule has 0 spiro atoms. The second-order valence-electron chi connectivity index (χ2n) is 7.49. The fourth-order valence-electron chi connectivity index (χ4n) is 3.51. The molecule has 32 heavy (non-hydrogen) atoms. The maximum absolute atomic E-state index is 13.6. The van der Waals surface area contributed by atoms with Gasteiger partial charge in [0, 0.05) is 37.2 Å². The van der Waals surface area contributed by atoms with Gasteiger partial charge in [-0.05, 0) is 44.2 Å². The van der Waals surface area contributed by atoms with Gasteiger partial charge in [0.2, 0.25) is 5.91 Å². The van der Waals surface area contributed by atoms with Crippen molar-refractivity contribution in [2.45, 2.75) is 25.5 Å². The molecule has 1 amide bonds. The van der Waals surface area contributed by atoms with Gasteiger partial charge in [0.05, 0.1) is 22.8 Å². The molecule has 6 nitrogen and oxygen atoms in total. The molecule has 0 aliphatic rings. The zero-order valence-corrected chi connectivity index (χ0v) is 19.0. The van der Waals surface area contributed by atoms with Crippen molar-refractivity contribution in [3.8, 4) is 11.4 Å². The molecular formula is C24H24FN5OS. The molecule has 2 aromatic carbocycles. The van der Waals surface area contributed by atoms with Crippen molar-refractivity contribution >= 4 is 17.7 Å². The van der Waals surface area contributed by atoms with Gasteiger partial charge in [0.15, 0.2) is 5.16 Å². The van der Waals surface area contributed by atoms with Crippen LogP contribution in [-0.2, 0) is 11.3 Å². The number of para-hydroxylation sites is 1. The lowest BCUT2D eigenvalue weighted by molar-refractivity contribution is -0.127. The number of rotatable bonds is 7. The van der Waals surface area contributed by atoms with E-state index in [9.17, 15) is 9.18 Å². The van der Waals surface area contributed by atoms with E-state index in [1.165, 1.54) is 23.9 Å². The van der Waals surface area contributed by atoms with Gasteiger partial charge in [0.25, 0.3) is 0 Å². The fraction of sp³-hybridized carbons (Fsp3) is 0.208. The van der Waals surface area contributed by atoms with E-state index >= 15 is 0 Å². The second-order valence-corrected chi connectivity index (χ2v) is 8.44. The summed E-state index contributed by atoms with van der Waals surface area (Å²) in [6, 6.07) is 16.2. The molecular weight excluding hydrogens is 425 g/mol. The first kappa shape index (κ1) is 21.8. The number of aryl methyl sites for hydroxylation is 1. The molecule has 0 fully saturated rings. The van der Waals surface area contributed by atoms with E-state index in [4.69, 9.17) is 0 Å². The molecule has 4 rings (SSSR count). The smallest absolute Gasteiger partial charge is 0.233 e. The number of hydrogen-bond donors (Lipinski definition) is 0. The Morgan fingerprint density at radius 2 is 1.84 bits per heavy atom. The second kappa shape index (κ2) is 9.40. The van der Waals surface area contributed by atoms with Crippen LogP contribution in [0.1, 0.15) is 17.0 Å². The molecule has 0 N–H and O–H groups in total. The molecule has 0 bridgehead atoms. The Balaban J connectivity index is 1.43. The molecule has 4 aromatic rings. The van der Waals surface area contributed by atoms with Crippen LogP contribution in [0.5, 0.6) is 0 Å². The molecule has 0 radical (unpaired) electrons. The maximum Gasteiger partial charge on any atom is 0.233 e. The summed E-state index contributed by atoms with van der Waals surface area (Å²) < 4.78 is 17.3. The van der Waals surface area contributed by atoms with E-state index < -0.39 is 0 Å². The molecule has 2 aromatic heterocycles. The first-order chi connectivity index (χ1) is 15.4. The molecule has 164 valence electrons. The summed E-state index contributed by atoms with van der Waals surface area (Å²) in [6.45, 7) is 4.46. The van der Waals surface area contributed by atoms with Gasteiger partial charge < -0.3 is 4.90 Å². The van der Waals surface area contributed by atoms with E-state index in [2.05, 4.69) is 10.1 Å². The lowest BCUT2D eigenvalue weighted by Gasteiger charge is -2.17. The van der Waals surface area contributed by atoms with Crippen molar-refractivity contribution in [1.82, 2.24) is 24.2 Å². The minimum Gasteiger partial charge on any atom is -0.341 e. The number of halogens is 1. The average Bonchev–Trinajstić information content (AvgIpc) is 3.38. The van der Waals surface area contributed by atoms with Crippen LogP contribution < -0.4 is 0 Å². The van der Waals surface area contributed by atoms with Crippen LogP contribution in [0.4, 0.5) is 4.39 Å². The van der Waals surface area contributed by atoms with Crippen molar-refractivity contribution in [2.75, 3.05) is 12.8 Å². The van der Waals surface area contributed by atoms with Crippen molar-refractivity contribution in [2.24, 2.45) is 0 Å². The van der Waals surface area contributed by atoms with Crippen LogP contribution in [0.3, 0.4) is 0 Å². The summed E-state index contributed by atoms with van der Waals surface area (Å²) >= 11 is 1.33. The monoisotopic (exact) mass is 449 g/mol. The third-order valence-electron chi connectivity index (χ3n) is 5.28. The number of hydrogen-bond acceptors (Lipinski definition) is 4. The number of imidazole rings is 1. The first-order valence-electron chi connectivity index (χ1n) is 10.2. The highest BCUT2D eigenvalue weighted by atomic mass is 32.2. The Morgan fingerprint density at radius 3 is 2.59 bits per heavy atom. The van der Waals surface area contributed by atoms with Crippen LogP contribution in [0, 0.1) is 19.7 Å². The lowest BCUT2D eigenvalue weighted by atomic mass is 10.2. The third-order valence-corrected chi connectivity index (χ3v) is 6.23. The fourth-order valence-corrected chi connectivity index (χ4v) is 4.42. The molecule has 0 unspecified atom stereocenters. The summed E-state index contributed by atoms with van der Waals surface area (Å²) in [5.74, 6) is -0.104. The molecule has 0 aliphatic carbocycles. The SMILES string of the molecule is Cc1nn(-c2ccccc2)c(C)c1CN(C)C(=O)CSc1nccn1-c1cccc(F)c1. The largest absolute Gasteiger partial charge is 0.341 e. The zero-order valence-electron chi connectivity index (χ0n) is 18.2. The van der Waals surface area contributed by atoms with Crippen molar-refractivity contribution in [3.05, 3.63) is 89.8 Å². The van der Waals surface area contributed by atoms with E-state index in [0.29, 0.717) is 17.4 Å². The highest BCUT2D eigenvalue weighted by molar-refractivity contribution is 7.99. The first-order valence-corrected chi connectivity index (χ1v) is 11.2. The predicted octanol–water partition coefficient (Wildman–Crippen LogP) is 4.56. The third kappa shape index (κ3) is 4.60. The van der Waals surface area contributed by atoms with Gasteiger partial charge in [-0.2, -0.15) is 5.10 Å². The molecule has 0 atom stereocenters. The van der Waals surface area contributed by atoms with Crippen molar-refractivity contribution < 1.29 is 9.18 Å². The lowest BCUT2D eigenvalue weighted by Crippen LogP contribution is -2.28. The van der Waals surface area contributed by atoms with Gasteiger partial charge in [-0.25, -0.2) is 14.1 Å². The summed E-state index contributed by atoms with van der Waals surface area (Å²) in [5, 5.41) is 5.30. The number of benzene rings is 2. The number of carbonyl (C=O) groups is 1. The Hall–Kier alpha value is -3.39. The van der Waals surface area contributed by atoms with Crippen molar-refractivity contribution in [3.63, 3.8) is 0 Å². The molecule has 0 saturated heterocycles. The Labute approximate surface area is 190 Å². The average molecular weight is 450 g/mol. The van der Waals surface area contributed by atoms with Crippen LogP contribution in [0.25, 0.3) is 11.4 Å². The quantitative estimate of drug-likeness (QED) is 0.388. The Morgan fingerprint density at radius 1 is 1.09 bits per heavy atom.